The minimum atomic E-state index is 0.700. The predicted octanol–water partition coefficient (Wildman–Crippen LogP) is 2.40. The number of nitrogens with zero attached hydrogens (tertiary/aromatic N) is 2. The van der Waals surface area contributed by atoms with Crippen LogP contribution in [0.4, 0.5) is 5.82 Å². The van der Waals surface area contributed by atoms with Crippen LogP contribution in [0.1, 0.15) is 11.5 Å². The standard InChI is InChI=1S/C11H13N3O/c1-7-6-10(12-3)14-11(13-7)9-4-5-15-8(9)2/h4-6H,1-3H3,(H,12,13,14). The van der Waals surface area contributed by atoms with Crippen LogP contribution in [-0.2, 0) is 0 Å². The number of rotatable bonds is 2. The van der Waals surface area contributed by atoms with Crippen LogP contribution in [0.5, 0.6) is 0 Å². The van der Waals surface area contributed by atoms with E-state index in [-0.39, 0.29) is 0 Å². The second kappa shape index (κ2) is 3.73. The molecule has 4 heteroatoms. The average Bonchev–Trinajstić information content (AvgIpc) is 2.63. The fourth-order valence-electron chi connectivity index (χ4n) is 1.43. The molecule has 0 fully saturated rings. The van der Waals surface area contributed by atoms with Crippen LogP contribution < -0.4 is 5.32 Å². The van der Waals surface area contributed by atoms with Crippen molar-refractivity contribution in [3.8, 4) is 11.4 Å². The maximum atomic E-state index is 5.23. The Morgan fingerprint density at radius 3 is 2.67 bits per heavy atom. The SMILES string of the molecule is CNc1cc(C)nc(-c2ccoc2C)n1. The molecule has 2 aromatic heterocycles. The molecule has 15 heavy (non-hydrogen) atoms. The normalized spacial score (nSPS) is 10.3. The van der Waals surface area contributed by atoms with Crippen molar-refractivity contribution in [3.05, 3.63) is 29.9 Å². The Labute approximate surface area is 88.4 Å². The lowest BCUT2D eigenvalue weighted by Gasteiger charge is -2.04. The highest BCUT2D eigenvalue weighted by atomic mass is 16.3. The van der Waals surface area contributed by atoms with Gasteiger partial charge in [-0.3, -0.25) is 0 Å². The highest BCUT2D eigenvalue weighted by Gasteiger charge is 2.08. The monoisotopic (exact) mass is 203 g/mol. The first-order chi connectivity index (χ1) is 7.20. The Balaban J connectivity index is 2.53. The maximum Gasteiger partial charge on any atom is 0.165 e. The van der Waals surface area contributed by atoms with Crippen LogP contribution in [0, 0.1) is 13.8 Å². The first-order valence-corrected chi connectivity index (χ1v) is 4.78. The quantitative estimate of drug-likeness (QED) is 0.814. The number of hydrogen-bond donors (Lipinski definition) is 1. The van der Waals surface area contributed by atoms with Gasteiger partial charge in [0.05, 0.1) is 11.8 Å². The van der Waals surface area contributed by atoms with Gasteiger partial charge in [-0.1, -0.05) is 0 Å². The van der Waals surface area contributed by atoms with E-state index in [1.54, 1.807) is 6.26 Å². The lowest BCUT2D eigenvalue weighted by molar-refractivity contribution is 0.535. The van der Waals surface area contributed by atoms with Gasteiger partial charge in [-0.05, 0) is 19.9 Å². The van der Waals surface area contributed by atoms with Gasteiger partial charge in [0.15, 0.2) is 5.82 Å². The van der Waals surface area contributed by atoms with E-state index in [4.69, 9.17) is 4.42 Å². The Bertz CT molecular complexity index is 476. The second-order valence-electron chi connectivity index (χ2n) is 3.36. The number of aromatic nitrogens is 2. The van der Waals surface area contributed by atoms with E-state index in [0.29, 0.717) is 5.82 Å². The summed E-state index contributed by atoms with van der Waals surface area (Å²) in [4.78, 5) is 8.75. The highest BCUT2D eigenvalue weighted by Crippen LogP contribution is 2.22. The third-order valence-corrected chi connectivity index (χ3v) is 2.21. The molecule has 2 aromatic rings. The van der Waals surface area contributed by atoms with E-state index in [2.05, 4.69) is 15.3 Å². The number of nitrogens with one attached hydrogen (secondary N) is 1. The summed E-state index contributed by atoms with van der Waals surface area (Å²) < 4.78 is 5.23. The van der Waals surface area contributed by atoms with E-state index in [0.717, 1.165) is 22.8 Å². The fourth-order valence-corrected chi connectivity index (χ4v) is 1.43. The molecule has 4 nitrogen and oxygen atoms in total. The molecule has 2 rings (SSSR count). The van der Waals surface area contributed by atoms with E-state index in [9.17, 15) is 0 Å². The van der Waals surface area contributed by atoms with Crippen molar-refractivity contribution in [1.82, 2.24) is 9.97 Å². The van der Waals surface area contributed by atoms with Gasteiger partial charge in [0.1, 0.15) is 11.6 Å². The van der Waals surface area contributed by atoms with E-state index in [1.165, 1.54) is 0 Å². The van der Waals surface area contributed by atoms with E-state index >= 15 is 0 Å². The van der Waals surface area contributed by atoms with Gasteiger partial charge < -0.3 is 9.73 Å². The molecule has 0 aliphatic rings. The highest BCUT2D eigenvalue weighted by molar-refractivity contribution is 5.59. The summed E-state index contributed by atoms with van der Waals surface area (Å²) in [5.74, 6) is 2.35. The van der Waals surface area contributed by atoms with Crippen LogP contribution in [0.25, 0.3) is 11.4 Å². The van der Waals surface area contributed by atoms with Crippen molar-refractivity contribution in [3.63, 3.8) is 0 Å². The summed E-state index contributed by atoms with van der Waals surface area (Å²) in [6.07, 6.45) is 1.65. The molecule has 0 aromatic carbocycles. The zero-order valence-electron chi connectivity index (χ0n) is 9.03. The largest absolute Gasteiger partial charge is 0.469 e. The molecule has 0 aliphatic heterocycles. The van der Waals surface area contributed by atoms with Crippen molar-refractivity contribution in [2.24, 2.45) is 0 Å². The minimum absolute atomic E-state index is 0.700. The molecule has 0 saturated heterocycles. The number of furan rings is 1. The first-order valence-electron chi connectivity index (χ1n) is 4.78. The average molecular weight is 203 g/mol. The number of aryl methyl sites for hydroxylation is 2. The zero-order valence-corrected chi connectivity index (χ0v) is 9.03. The van der Waals surface area contributed by atoms with Gasteiger partial charge in [0.25, 0.3) is 0 Å². The van der Waals surface area contributed by atoms with Crippen LogP contribution in [0.15, 0.2) is 22.8 Å². The van der Waals surface area contributed by atoms with Crippen molar-refractivity contribution < 1.29 is 4.42 Å². The summed E-state index contributed by atoms with van der Waals surface area (Å²) >= 11 is 0. The molecule has 0 bridgehead atoms. The molecule has 78 valence electrons. The zero-order chi connectivity index (χ0) is 10.8. The second-order valence-corrected chi connectivity index (χ2v) is 3.36. The maximum absolute atomic E-state index is 5.23. The number of anilines is 1. The molecule has 0 saturated carbocycles. The van der Waals surface area contributed by atoms with Crippen LogP contribution in [0.3, 0.4) is 0 Å². The molecule has 0 radical (unpaired) electrons. The lowest BCUT2D eigenvalue weighted by atomic mass is 10.2. The van der Waals surface area contributed by atoms with Crippen molar-refractivity contribution in [2.45, 2.75) is 13.8 Å². The molecule has 0 aliphatic carbocycles. The molecule has 2 heterocycles. The molecular formula is C11H13N3O. The molecule has 1 N–H and O–H groups in total. The number of hydrogen-bond acceptors (Lipinski definition) is 4. The van der Waals surface area contributed by atoms with Gasteiger partial charge in [0.2, 0.25) is 0 Å². The van der Waals surface area contributed by atoms with Crippen LogP contribution in [-0.4, -0.2) is 17.0 Å². The lowest BCUT2D eigenvalue weighted by Crippen LogP contribution is -1.98. The fraction of sp³-hybridized carbons (Fsp3) is 0.273. The van der Waals surface area contributed by atoms with Crippen molar-refractivity contribution in [1.29, 1.82) is 0 Å². The van der Waals surface area contributed by atoms with Gasteiger partial charge in [0, 0.05) is 18.8 Å². The first kappa shape index (κ1) is 9.71. The van der Waals surface area contributed by atoms with Gasteiger partial charge in [-0.15, -0.1) is 0 Å². The molecular weight excluding hydrogens is 190 g/mol. The predicted molar refractivity (Wildman–Crippen MR) is 58.8 cm³/mol. The summed E-state index contributed by atoms with van der Waals surface area (Å²) in [5, 5.41) is 3.01. The van der Waals surface area contributed by atoms with Gasteiger partial charge in [-0.25, -0.2) is 9.97 Å². The van der Waals surface area contributed by atoms with E-state index < -0.39 is 0 Å². The Kier molecular flexibility index (Phi) is 2.41. The third-order valence-electron chi connectivity index (χ3n) is 2.21. The van der Waals surface area contributed by atoms with E-state index in [1.807, 2.05) is 33.0 Å². The Morgan fingerprint density at radius 1 is 1.27 bits per heavy atom. The van der Waals surface area contributed by atoms with Crippen molar-refractivity contribution >= 4 is 5.82 Å². The Morgan fingerprint density at radius 2 is 2.07 bits per heavy atom. The molecule has 0 atom stereocenters. The Hall–Kier alpha value is -1.84. The van der Waals surface area contributed by atoms with Crippen LogP contribution >= 0.6 is 0 Å². The molecule has 0 amide bonds. The van der Waals surface area contributed by atoms with Crippen molar-refractivity contribution in [2.75, 3.05) is 12.4 Å². The third kappa shape index (κ3) is 1.83. The topological polar surface area (TPSA) is 51.0 Å². The smallest absolute Gasteiger partial charge is 0.165 e. The van der Waals surface area contributed by atoms with Gasteiger partial charge in [-0.2, -0.15) is 0 Å². The molecule has 0 unspecified atom stereocenters. The minimum Gasteiger partial charge on any atom is -0.469 e. The van der Waals surface area contributed by atoms with Gasteiger partial charge >= 0.3 is 0 Å². The summed E-state index contributed by atoms with van der Waals surface area (Å²) in [5.41, 5.74) is 1.88. The summed E-state index contributed by atoms with van der Waals surface area (Å²) in [6.45, 7) is 3.85. The summed E-state index contributed by atoms with van der Waals surface area (Å²) in [7, 11) is 1.84. The summed E-state index contributed by atoms with van der Waals surface area (Å²) in [6, 6.07) is 3.78. The molecule has 0 spiro atoms. The van der Waals surface area contributed by atoms with Crippen LogP contribution in [0.2, 0.25) is 0 Å².